The summed E-state index contributed by atoms with van der Waals surface area (Å²) in [6.45, 7) is -1.11. The van der Waals surface area contributed by atoms with Gasteiger partial charge in [0.25, 0.3) is 6.43 Å². The van der Waals surface area contributed by atoms with Crippen molar-refractivity contribution in [1.29, 1.82) is 0 Å². The number of nitrogens with one attached hydrogen (secondary N) is 1. The van der Waals surface area contributed by atoms with Crippen molar-refractivity contribution in [2.24, 2.45) is 5.73 Å². The van der Waals surface area contributed by atoms with Crippen molar-refractivity contribution < 1.29 is 21.9 Å². The second-order valence-electron chi connectivity index (χ2n) is 3.91. The first-order chi connectivity index (χ1) is 9.79. The molecule has 0 atom stereocenters. The molecule has 0 aromatic heterocycles. The molecule has 0 saturated carbocycles. The minimum atomic E-state index is -3.90. The fraction of sp³-hybridized carbons (Fsp3) is 0.455. The molecule has 3 N–H and O–H groups in total. The van der Waals surface area contributed by atoms with Gasteiger partial charge in [-0.3, -0.25) is 0 Å². The third-order valence-electron chi connectivity index (χ3n) is 2.43. The SMILES string of the molecule is NCc1c(Cl)ccc(S(=O)(=O)NCCOCC(F)F)c1Cl. The van der Waals surface area contributed by atoms with Crippen LogP contribution in [0.25, 0.3) is 0 Å². The lowest BCUT2D eigenvalue weighted by atomic mass is 10.2. The minimum absolute atomic E-state index is 0.0154. The van der Waals surface area contributed by atoms with Crippen LogP contribution in [0.4, 0.5) is 8.78 Å². The molecule has 1 rings (SSSR count). The molecule has 5 nitrogen and oxygen atoms in total. The zero-order chi connectivity index (χ0) is 16.0. The van der Waals surface area contributed by atoms with Crippen molar-refractivity contribution in [1.82, 2.24) is 4.72 Å². The van der Waals surface area contributed by atoms with Crippen LogP contribution in [0.2, 0.25) is 10.0 Å². The molecular weight excluding hydrogens is 349 g/mol. The average molecular weight is 363 g/mol. The Morgan fingerprint density at radius 3 is 2.57 bits per heavy atom. The first kappa shape index (κ1) is 18.5. The van der Waals surface area contributed by atoms with Gasteiger partial charge in [0.2, 0.25) is 10.0 Å². The molecule has 0 unspecified atom stereocenters. The van der Waals surface area contributed by atoms with E-state index in [-0.39, 0.29) is 34.6 Å². The van der Waals surface area contributed by atoms with Gasteiger partial charge in [-0.2, -0.15) is 0 Å². The molecule has 0 aliphatic heterocycles. The summed E-state index contributed by atoms with van der Waals surface area (Å²) in [5, 5.41) is 0.202. The van der Waals surface area contributed by atoms with Crippen molar-refractivity contribution in [3.8, 4) is 0 Å². The van der Waals surface area contributed by atoms with Gasteiger partial charge in [-0.25, -0.2) is 21.9 Å². The first-order valence-electron chi connectivity index (χ1n) is 5.82. The van der Waals surface area contributed by atoms with E-state index in [9.17, 15) is 17.2 Å². The standard InChI is InChI=1S/C11H14Cl2F2N2O3S/c12-8-1-2-9(11(13)7(8)5-16)21(18,19)17-3-4-20-6-10(14)15/h1-2,10,17H,3-6,16H2. The minimum Gasteiger partial charge on any atom is -0.374 e. The second kappa shape index (κ2) is 8.21. The van der Waals surface area contributed by atoms with E-state index in [4.69, 9.17) is 28.9 Å². The topological polar surface area (TPSA) is 81.4 Å². The van der Waals surface area contributed by atoms with Gasteiger partial charge < -0.3 is 10.5 Å². The predicted molar refractivity (Wildman–Crippen MR) is 76.4 cm³/mol. The highest BCUT2D eigenvalue weighted by atomic mass is 35.5. The summed E-state index contributed by atoms with van der Waals surface area (Å²) in [7, 11) is -3.90. The van der Waals surface area contributed by atoms with Gasteiger partial charge in [0.05, 0.1) is 11.6 Å². The monoisotopic (exact) mass is 362 g/mol. The smallest absolute Gasteiger partial charge is 0.261 e. The fourth-order valence-corrected chi connectivity index (χ4v) is 3.41. The Kier molecular flexibility index (Phi) is 7.25. The molecule has 0 aliphatic carbocycles. The summed E-state index contributed by atoms with van der Waals surface area (Å²) in [5.41, 5.74) is 5.77. The highest BCUT2D eigenvalue weighted by Gasteiger charge is 2.20. The van der Waals surface area contributed by atoms with Gasteiger partial charge >= 0.3 is 0 Å². The van der Waals surface area contributed by atoms with Crippen LogP contribution < -0.4 is 10.5 Å². The molecule has 21 heavy (non-hydrogen) atoms. The van der Waals surface area contributed by atoms with Gasteiger partial charge in [-0.15, -0.1) is 0 Å². The Morgan fingerprint density at radius 1 is 1.33 bits per heavy atom. The zero-order valence-electron chi connectivity index (χ0n) is 10.8. The quantitative estimate of drug-likeness (QED) is 0.693. The molecule has 1 aromatic carbocycles. The van der Waals surface area contributed by atoms with Gasteiger partial charge in [-0.05, 0) is 12.1 Å². The largest absolute Gasteiger partial charge is 0.374 e. The number of alkyl halides is 2. The molecule has 1 aromatic rings. The van der Waals surface area contributed by atoms with Gasteiger partial charge in [0, 0.05) is 23.7 Å². The Morgan fingerprint density at radius 2 is 2.00 bits per heavy atom. The lowest BCUT2D eigenvalue weighted by molar-refractivity contribution is 0.0199. The van der Waals surface area contributed by atoms with Gasteiger partial charge in [0.15, 0.2) is 0 Å². The van der Waals surface area contributed by atoms with E-state index in [0.29, 0.717) is 5.56 Å². The van der Waals surface area contributed by atoms with E-state index in [1.807, 2.05) is 0 Å². The van der Waals surface area contributed by atoms with Crippen LogP contribution in [0.3, 0.4) is 0 Å². The summed E-state index contributed by atoms with van der Waals surface area (Å²) < 4.78 is 54.5. The number of hydrogen-bond donors (Lipinski definition) is 2. The summed E-state index contributed by atoms with van der Waals surface area (Å²) in [4.78, 5) is -0.178. The molecule has 0 fully saturated rings. The number of benzene rings is 1. The molecule has 120 valence electrons. The van der Waals surface area contributed by atoms with Gasteiger partial charge in [0.1, 0.15) is 11.5 Å². The van der Waals surface area contributed by atoms with Crippen molar-refractivity contribution in [3.63, 3.8) is 0 Å². The van der Waals surface area contributed by atoms with E-state index in [2.05, 4.69) is 9.46 Å². The molecule has 0 bridgehead atoms. The molecular formula is C11H14Cl2F2N2O3S. The van der Waals surface area contributed by atoms with E-state index in [0.717, 1.165) is 0 Å². The molecule has 0 saturated heterocycles. The van der Waals surface area contributed by atoms with Crippen molar-refractivity contribution >= 4 is 33.2 Å². The Labute approximate surface area is 131 Å². The Balaban J connectivity index is 2.75. The Bertz CT molecular complexity index is 585. The number of halogens is 4. The van der Waals surface area contributed by atoms with Crippen LogP contribution in [-0.4, -0.2) is 34.6 Å². The highest BCUT2D eigenvalue weighted by molar-refractivity contribution is 7.89. The fourth-order valence-electron chi connectivity index (χ4n) is 1.47. The maximum atomic E-state index is 12.0. The maximum Gasteiger partial charge on any atom is 0.261 e. The van der Waals surface area contributed by atoms with Gasteiger partial charge in [-0.1, -0.05) is 23.2 Å². The number of rotatable bonds is 8. The van der Waals surface area contributed by atoms with Crippen LogP contribution >= 0.6 is 23.2 Å². The molecule has 0 amide bonds. The molecule has 0 aliphatic rings. The molecule has 0 radical (unpaired) electrons. The summed E-state index contributed by atoms with van der Waals surface area (Å²) in [6, 6.07) is 2.61. The highest BCUT2D eigenvalue weighted by Crippen LogP contribution is 2.30. The Hall–Kier alpha value is -0.510. The number of nitrogens with two attached hydrogens (primary N) is 1. The molecule has 10 heteroatoms. The maximum absolute atomic E-state index is 12.0. The van der Waals surface area contributed by atoms with E-state index >= 15 is 0 Å². The van der Waals surface area contributed by atoms with Crippen LogP contribution in [0.15, 0.2) is 17.0 Å². The summed E-state index contributed by atoms with van der Waals surface area (Å²) in [5.74, 6) is 0. The number of ether oxygens (including phenoxy) is 1. The van der Waals surface area contributed by atoms with E-state index in [1.54, 1.807) is 0 Å². The third-order valence-corrected chi connectivity index (χ3v) is 4.83. The van der Waals surface area contributed by atoms with Crippen LogP contribution in [0.1, 0.15) is 5.56 Å². The van der Waals surface area contributed by atoms with Crippen molar-refractivity contribution in [2.75, 3.05) is 19.8 Å². The zero-order valence-corrected chi connectivity index (χ0v) is 13.1. The number of sulfonamides is 1. The lowest BCUT2D eigenvalue weighted by Crippen LogP contribution is -2.28. The predicted octanol–water partition coefficient (Wildman–Crippen LogP) is 2.01. The van der Waals surface area contributed by atoms with Crippen LogP contribution in [-0.2, 0) is 21.3 Å². The number of hydrogen-bond acceptors (Lipinski definition) is 4. The van der Waals surface area contributed by atoms with Crippen LogP contribution in [0, 0.1) is 0 Å². The average Bonchev–Trinajstić information content (AvgIpc) is 2.38. The van der Waals surface area contributed by atoms with E-state index < -0.39 is 23.1 Å². The van der Waals surface area contributed by atoms with E-state index in [1.165, 1.54) is 12.1 Å². The molecule has 0 heterocycles. The van der Waals surface area contributed by atoms with Crippen LogP contribution in [0.5, 0.6) is 0 Å². The first-order valence-corrected chi connectivity index (χ1v) is 8.06. The van der Waals surface area contributed by atoms with Crippen molar-refractivity contribution in [2.45, 2.75) is 17.9 Å². The lowest BCUT2D eigenvalue weighted by Gasteiger charge is -2.12. The summed E-state index contributed by atoms with van der Waals surface area (Å²) in [6.07, 6.45) is -2.60. The third kappa shape index (κ3) is 5.32. The molecule has 0 spiro atoms. The summed E-state index contributed by atoms with van der Waals surface area (Å²) >= 11 is 11.8. The van der Waals surface area contributed by atoms with Crippen molar-refractivity contribution in [3.05, 3.63) is 27.7 Å². The second-order valence-corrected chi connectivity index (χ2v) is 6.43. The normalized spacial score (nSPS) is 12.1.